The Bertz CT molecular complexity index is 1010. The van der Waals surface area contributed by atoms with Crippen LogP contribution in [0, 0.1) is 23.2 Å². The minimum absolute atomic E-state index is 0.196. The summed E-state index contributed by atoms with van der Waals surface area (Å²) in [7, 11) is 0. The van der Waals surface area contributed by atoms with Crippen molar-refractivity contribution in [1.82, 2.24) is 5.32 Å². The van der Waals surface area contributed by atoms with Crippen LogP contribution in [0.3, 0.4) is 0 Å². The summed E-state index contributed by atoms with van der Waals surface area (Å²) in [5.74, 6) is 2.40. The normalized spacial score (nSPS) is 33.5. The lowest BCUT2D eigenvalue weighted by atomic mass is 9.49. The first kappa shape index (κ1) is 18.5. The van der Waals surface area contributed by atoms with Crippen molar-refractivity contribution in [2.24, 2.45) is 23.2 Å². The molecule has 1 unspecified atom stereocenters. The molecule has 7 rings (SSSR count). The average molecular weight is 447 g/mol. The molecule has 1 N–H and O–H groups in total. The van der Waals surface area contributed by atoms with Crippen LogP contribution >= 0.6 is 34.8 Å². The summed E-state index contributed by atoms with van der Waals surface area (Å²) in [4.78, 5) is 13.7. The monoisotopic (exact) mass is 445 g/mol. The standard InChI is InChI=1S/C24H22Cl3NO/c25-15-1-2-17-18(6-15)22(19-7-16(26)8-20(27)21(17)19)28-23(29)24-9-12-3-13(10-24)5-14(4-12)11-24/h1-2,6-8,12-14,22H,3-5,9-11H2,(H,28,29). The number of halogens is 3. The van der Waals surface area contributed by atoms with E-state index in [4.69, 9.17) is 34.8 Å². The minimum atomic E-state index is -0.254. The van der Waals surface area contributed by atoms with E-state index in [1.165, 1.54) is 19.3 Å². The summed E-state index contributed by atoms with van der Waals surface area (Å²) in [6, 6.07) is 9.26. The molecule has 5 aliphatic carbocycles. The van der Waals surface area contributed by atoms with Crippen LogP contribution in [-0.4, -0.2) is 5.91 Å². The third-order valence-electron chi connectivity index (χ3n) is 7.79. The first-order valence-electron chi connectivity index (χ1n) is 10.5. The van der Waals surface area contributed by atoms with Crippen LogP contribution in [0.5, 0.6) is 0 Å². The Morgan fingerprint density at radius 2 is 1.48 bits per heavy atom. The van der Waals surface area contributed by atoms with E-state index in [9.17, 15) is 4.79 Å². The molecule has 2 nitrogen and oxygen atoms in total. The molecule has 1 amide bonds. The minimum Gasteiger partial charge on any atom is -0.345 e. The molecule has 0 heterocycles. The maximum Gasteiger partial charge on any atom is 0.226 e. The summed E-state index contributed by atoms with van der Waals surface area (Å²) in [6.45, 7) is 0. The van der Waals surface area contributed by atoms with E-state index in [-0.39, 0.29) is 17.4 Å². The van der Waals surface area contributed by atoms with E-state index in [0.717, 1.165) is 59.3 Å². The molecule has 4 fully saturated rings. The van der Waals surface area contributed by atoms with Gasteiger partial charge in [0, 0.05) is 21.0 Å². The zero-order valence-electron chi connectivity index (χ0n) is 16.0. The van der Waals surface area contributed by atoms with E-state index < -0.39 is 0 Å². The van der Waals surface area contributed by atoms with E-state index in [1.54, 1.807) is 6.07 Å². The van der Waals surface area contributed by atoms with Gasteiger partial charge in [0.2, 0.25) is 5.91 Å². The summed E-state index contributed by atoms with van der Waals surface area (Å²) in [5.41, 5.74) is 3.77. The summed E-state index contributed by atoms with van der Waals surface area (Å²) >= 11 is 19.2. The van der Waals surface area contributed by atoms with Gasteiger partial charge >= 0.3 is 0 Å². The third kappa shape index (κ3) is 2.79. The second kappa shape index (κ2) is 6.39. The molecule has 1 atom stereocenters. The van der Waals surface area contributed by atoms with E-state index in [1.807, 2.05) is 24.3 Å². The number of hydrogen-bond donors (Lipinski definition) is 1. The van der Waals surface area contributed by atoms with E-state index in [2.05, 4.69) is 5.32 Å². The molecule has 5 heteroatoms. The maximum atomic E-state index is 13.7. The summed E-state index contributed by atoms with van der Waals surface area (Å²) in [5, 5.41) is 5.27. The molecular formula is C24H22Cl3NO. The van der Waals surface area contributed by atoms with Crippen molar-refractivity contribution in [3.63, 3.8) is 0 Å². The van der Waals surface area contributed by atoms with Crippen molar-refractivity contribution in [1.29, 1.82) is 0 Å². The average Bonchev–Trinajstić information content (AvgIpc) is 2.93. The van der Waals surface area contributed by atoms with Crippen molar-refractivity contribution in [3.05, 3.63) is 56.5 Å². The smallest absolute Gasteiger partial charge is 0.226 e. The topological polar surface area (TPSA) is 29.1 Å². The number of amides is 1. The predicted octanol–water partition coefficient (Wildman–Crippen LogP) is 7.05. The molecule has 150 valence electrons. The van der Waals surface area contributed by atoms with Gasteiger partial charge in [0.25, 0.3) is 0 Å². The molecule has 29 heavy (non-hydrogen) atoms. The predicted molar refractivity (Wildman–Crippen MR) is 117 cm³/mol. The molecule has 0 saturated heterocycles. The van der Waals surface area contributed by atoms with Crippen molar-refractivity contribution >= 4 is 40.7 Å². The fourth-order valence-electron chi connectivity index (χ4n) is 7.10. The summed E-state index contributed by atoms with van der Waals surface area (Å²) < 4.78 is 0. The van der Waals surface area contributed by atoms with Gasteiger partial charge in [0.05, 0.1) is 11.1 Å². The van der Waals surface area contributed by atoms with Crippen molar-refractivity contribution in [2.75, 3.05) is 0 Å². The van der Waals surface area contributed by atoms with Crippen LogP contribution in [0.4, 0.5) is 0 Å². The van der Waals surface area contributed by atoms with Gasteiger partial charge in [0.15, 0.2) is 0 Å². The Balaban J connectivity index is 1.40. The number of carbonyl (C=O) groups excluding carboxylic acids is 1. The van der Waals surface area contributed by atoms with Gasteiger partial charge in [-0.3, -0.25) is 4.79 Å². The first-order chi connectivity index (χ1) is 13.9. The SMILES string of the molecule is O=C(NC1c2cc(Cl)ccc2-c2c(Cl)cc(Cl)cc21)C12CC3CC(CC(C3)C1)C2. The lowest BCUT2D eigenvalue weighted by Gasteiger charge is -2.55. The van der Waals surface area contributed by atoms with Gasteiger partial charge < -0.3 is 5.32 Å². The second-order valence-electron chi connectivity index (χ2n) is 9.69. The van der Waals surface area contributed by atoms with E-state index >= 15 is 0 Å². The molecule has 0 aliphatic heterocycles. The Morgan fingerprint density at radius 1 is 0.862 bits per heavy atom. The van der Waals surface area contributed by atoms with Crippen LogP contribution in [0.2, 0.25) is 15.1 Å². The quantitative estimate of drug-likeness (QED) is 0.526. The second-order valence-corrected chi connectivity index (χ2v) is 11.0. The summed E-state index contributed by atoms with van der Waals surface area (Å²) in [6.07, 6.45) is 7.10. The van der Waals surface area contributed by atoms with Crippen molar-refractivity contribution < 1.29 is 4.79 Å². The number of rotatable bonds is 2. The Morgan fingerprint density at radius 3 is 2.14 bits per heavy atom. The molecule has 5 aliphatic rings. The van der Waals surface area contributed by atoms with Crippen molar-refractivity contribution in [2.45, 2.75) is 44.6 Å². The van der Waals surface area contributed by atoms with E-state index in [0.29, 0.717) is 15.1 Å². The Labute approximate surface area is 185 Å². The number of nitrogens with one attached hydrogen (secondary N) is 1. The number of hydrogen-bond acceptors (Lipinski definition) is 1. The lowest BCUT2D eigenvalue weighted by molar-refractivity contribution is -0.146. The van der Waals surface area contributed by atoms with Crippen LogP contribution in [-0.2, 0) is 4.79 Å². The zero-order valence-corrected chi connectivity index (χ0v) is 18.2. The molecular weight excluding hydrogens is 425 g/mol. The first-order valence-corrected chi connectivity index (χ1v) is 11.6. The molecule has 2 aromatic carbocycles. The van der Waals surface area contributed by atoms with Crippen LogP contribution in [0.25, 0.3) is 11.1 Å². The van der Waals surface area contributed by atoms with Gasteiger partial charge in [0.1, 0.15) is 0 Å². The molecule has 2 aromatic rings. The Kier molecular flexibility index (Phi) is 4.08. The molecule has 0 aromatic heterocycles. The highest BCUT2D eigenvalue weighted by atomic mass is 35.5. The highest BCUT2D eigenvalue weighted by Gasteiger charge is 2.55. The number of fused-ring (bicyclic) bond motifs is 3. The molecule has 0 radical (unpaired) electrons. The van der Waals surface area contributed by atoms with Gasteiger partial charge in [-0.25, -0.2) is 0 Å². The maximum absolute atomic E-state index is 13.7. The van der Waals surface area contributed by atoms with Crippen LogP contribution in [0.15, 0.2) is 30.3 Å². The molecule has 4 saturated carbocycles. The van der Waals surface area contributed by atoms with Gasteiger partial charge in [-0.2, -0.15) is 0 Å². The van der Waals surface area contributed by atoms with Gasteiger partial charge in [-0.05, 0) is 97.2 Å². The lowest BCUT2D eigenvalue weighted by Crippen LogP contribution is -2.54. The zero-order chi connectivity index (χ0) is 19.9. The number of carbonyl (C=O) groups is 1. The van der Waals surface area contributed by atoms with Gasteiger partial charge in [-0.15, -0.1) is 0 Å². The highest BCUT2D eigenvalue weighted by Crippen LogP contribution is 2.60. The largest absolute Gasteiger partial charge is 0.345 e. The molecule has 0 spiro atoms. The third-order valence-corrected chi connectivity index (χ3v) is 8.54. The Hall–Kier alpha value is -1.22. The fraction of sp³-hybridized carbons (Fsp3) is 0.458. The number of benzene rings is 2. The van der Waals surface area contributed by atoms with Gasteiger partial charge in [-0.1, -0.05) is 40.9 Å². The van der Waals surface area contributed by atoms with Crippen molar-refractivity contribution in [3.8, 4) is 11.1 Å². The van der Waals surface area contributed by atoms with Crippen LogP contribution < -0.4 is 5.32 Å². The van der Waals surface area contributed by atoms with Crippen LogP contribution in [0.1, 0.15) is 55.7 Å². The highest BCUT2D eigenvalue weighted by molar-refractivity contribution is 6.37. The molecule has 4 bridgehead atoms. The fourth-order valence-corrected chi connectivity index (χ4v) is 7.89.